The lowest BCUT2D eigenvalue weighted by atomic mass is 9.71. The molecule has 0 aromatic rings. The van der Waals surface area contributed by atoms with Crippen molar-refractivity contribution in [1.82, 2.24) is 0 Å². The Morgan fingerprint density at radius 1 is 0.636 bits per heavy atom. The second kappa shape index (κ2) is 6.23. The molecule has 0 aliphatic carbocycles. The Kier molecular flexibility index (Phi) is 5.94. The van der Waals surface area contributed by atoms with Crippen molar-refractivity contribution in [3.05, 3.63) is 0 Å². The number of ketones is 3. The molecule has 0 saturated heterocycles. The van der Waals surface area contributed by atoms with Crippen LogP contribution < -0.4 is 0 Å². The predicted octanol–water partition coefficient (Wildman–Crippen LogP) is 3.34. The third-order valence-electron chi connectivity index (χ3n) is 3.68. The van der Waals surface area contributed by atoms with Gasteiger partial charge in [-0.1, -0.05) is 62.3 Å². The third kappa shape index (κ3) is 5.64. The van der Waals surface area contributed by atoms with Crippen LogP contribution in [0.1, 0.15) is 75.2 Å². The lowest BCUT2D eigenvalue weighted by Gasteiger charge is -2.35. The van der Waals surface area contributed by atoms with Crippen molar-refractivity contribution in [1.29, 1.82) is 0 Å². The van der Waals surface area contributed by atoms with Gasteiger partial charge in [0.25, 0.3) is 0 Å². The molecule has 0 aliphatic heterocycles. The van der Waals surface area contributed by atoms with E-state index in [-0.39, 0.29) is 24.4 Å². The smallest absolute Gasteiger partial charge is 0.170 e. The molecule has 0 atom stereocenters. The molecule has 0 rings (SSSR count). The highest BCUT2D eigenvalue weighted by Crippen LogP contribution is 2.34. The van der Waals surface area contributed by atoms with Gasteiger partial charge in [-0.05, 0) is 0 Å². The zero-order valence-corrected chi connectivity index (χ0v) is 15.6. The van der Waals surface area contributed by atoms with Crippen molar-refractivity contribution in [3.8, 4) is 0 Å². The predicted molar refractivity (Wildman–Crippen MR) is 87.6 cm³/mol. The molecule has 0 unspecified atom stereocenters. The Hall–Kier alpha value is -1.03. The minimum atomic E-state index is -1.94. The van der Waals surface area contributed by atoms with Gasteiger partial charge in [0.15, 0.2) is 5.78 Å². The Bertz CT molecular complexity index is 425. The first kappa shape index (κ1) is 21.0. The van der Waals surface area contributed by atoms with Crippen molar-refractivity contribution >= 4 is 17.3 Å². The van der Waals surface area contributed by atoms with E-state index in [1.165, 1.54) is 0 Å². The van der Waals surface area contributed by atoms with Crippen LogP contribution in [-0.2, 0) is 14.4 Å². The van der Waals surface area contributed by atoms with E-state index < -0.39 is 27.6 Å². The van der Waals surface area contributed by atoms with Crippen LogP contribution in [0.2, 0.25) is 0 Å². The second-order valence-corrected chi connectivity index (χ2v) is 9.31. The maximum atomic E-state index is 12.7. The zero-order chi connectivity index (χ0) is 18.1. The Morgan fingerprint density at radius 2 is 0.909 bits per heavy atom. The average Bonchev–Trinajstić information content (AvgIpc) is 2.23. The summed E-state index contributed by atoms with van der Waals surface area (Å²) in [6.07, 6.45) is -0.650. The minimum absolute atomic E-state index is 0.227. The van der Waals surface area contributed by atoms with E-state index in [1.807, 2.05) is 0 Å². The number of aliphatic hydroxyl groups is 1. The number of carbonyl (C=O) groups excluding carboxylic acids is 3. The molecular formula is C18H32O4. The average molecular weight is 312 g/mol. The number of hydrogen-bond acceptors (Lipinski definition) is 4. The number of carbonyl (C=O) groups is 3. The van der Waals surface area contributed by atoms with E-state index >= 15 is 0 Å². The molecule has 0 heterocycles. The van der Waals surface area contributed by atoms with E-state index in [0.717, 1.165) is 0 Å². The molecule has 0 fully saturated rings. The fourth-order valence-corrected chi connectivity index (χ4v) is 1.98. The van der Waals surface area contributed by atoms with E-state index in [9.17, 15) is 19.5 Å². The Balaban J connectivity index is 5.65. The molecule has 1 N–H and O–H groups in total. The van der Waals surface area contributed by atoms with Gasteiger partial charge in [-0.15, -0.1) is 0 Å². The van der Waals surface area contributed by atoms with Gasteiger partial charge in [0.05, 0.1) is 0 Å². The molecule has 0 saturated carbocycles. The highest BCUT2D eigenvalue weighted by Gasteiger charge is 2.47. The molecule has 4 heteroatoms. The monoisotopic (exact) mass is 312 g/mol. The first-order valence-electron chi connectivity index (χ1n) is 7.75. The van der Waals surface area contributed by atoms with Crippen LogP contribution in [-0.4, -0.2) is 28.1 Å². The molecule has 22 heavy (non-hydrogen) atoms. The second-order valence-electron chi connectivity index (χ2n) is 9.31. The topological polar surface area (TPSA) is 71.4 Å². The molecule has 0 spiro atoms. The fraction of sp³-hybridized carbons (Fsp3) is 0.833. The van der Waals surface area contributed by atoms with Gasteiger partial charge in [0, 0.05) is 29.1 Å². The molecule has 0 aliphatic rings. The largest absolute Gasteiger partial charge is 0.381 e. The highest BCUT2D eigenvalue weighted by molar-refractivity contribution is 6.01. The molecule has 0 bridgehead atoms. The Morgan fingerprint density at radius 3 is 1.09 bits per heavy atom. The van der Waals surface area contributed by atoms with Crippen LogP contribution in [0.5, 0.6) is 0 Å². The van der Waals surface area contributed by atoms with Gasteiger partial charge in [0.2, 0.25) is 0 Å². The van der Waals surface area contributed by atoms with E-state index in [1.54, 1.807) is 62.3 Å². The summed E-state index contributed by atoms with van der Waals surface area (Å²) in [5, 5.41) is 10.9. The van der Waals surface area contributed by atoms with Crippen molar-refractivity contribution < 1.29 is 19.5 Å². The molecule has 0 amide bonds. The lowest BCUT2D eigenvalue weighted by Crippen LogP contribution is -2.50. The maximum absolute atomic E-state index is 12.7. The Labute approximate surface area is 134 Å². The van der Waals surface area contributed by atoms with Gasteiger partial charge in [-0.2, -0.15) is 0 Å². The standard InChI is InChI=1S/C18H32O4/c1-15(2,3)12(19)10-18(22,14(21)17(7,8)9)11-13(20)16(4,5)6/h22H,10-11H2,1-9H3. The molecular weight excluding hydrogens is 280 g/mol. The first-order chi connectivity index (χ1) is 9.41. The van der Waals surface area contributed by atoms with Crippen LogP contribution in [0.4, 0.5) is 0 Å². The van der Waals surface area contributed by atoms with E-state index in [0.29, 0.717) is 0 Å². The number of rotatable bonds is 5. The molecule has 0 aromatic carbocycles. The zero-order valence-electron chi connectivity index (χ0n) is 15.6. The molecule has 4 nitrogen and oxygen atoms in total. The van der Waals surface area contributed by atoms with Crippen molar-refractivity contribution in [2.24, 2.45) is 16.2 Å². The normalized spacial score (nSPS) is 13.9. The summed E-state index contributed by atoms with van der Waals surface area (Å²) < 4.78 is 0. The summed E-state index contributed by atoms with van der Waals surface area (Å²) >= 11 is 0. The van der Waals surface area contributed by atoms with E-state index in [2.05, 4.69) is 0 Å². The van der Waals surface area contributed by atoms with Crippen LogP contribution >= 0.6 is 0 Å². The van der Waals surface area contributed by atoms with Gasteiger partial charge < -0.3 is 5.11 Å². The van der Waals surface area contributed by atoms with Gasteiger partial charge in [-0.3, -0.25) is 14.4 Å². The third-order valence-corrected chi connectivity index (χ3v) is 3.68. The van der Waals surface area contributed by atoms with Gasteiger partial charge in [-0.25, -0.2) is 0 Å². The number of Topliss-reactive ketones (excluding diaryl/α,β-unsaturated/α-hetero) is 3. The molecule has 0 radical (unpaired) electrons. The fourth-order valence-electron chi connectivity index (χ4n) is 1.98. The van der Waals surface area contributed by atoms with Crippen molar-refractivity contribution in [2.75, 3.05) is 0 Å². The van der Waals surface area contributed by atoms with E-state index in [4.69, 9.17) is 0 Å². The SMILES string of the molecule is CC(C)(C)C(=O)CC(O)(CC(=O)C(C)(C)C)C(=O)C(C)(C)C. The number of hydrogen-bond donors (Lipinski definition) is 1. The van der Waals surface area contributed by atoms with Crippen molar-refractivity contribution in [2.45, 2.75) is 80.8 Å². The minimum Gasteiger partial charge on any atom is -0.381 e. The van der Waals surface area contributed by atoms with Crippen LogP contribution in [0, 0.1) is 16.2 Å². The summed E-state index contributed by atoms with van der Waals surface area (Å²) in [7, 11) is 0. The lowest BCUT2D eigenvalue weighted by molar-refractivity contribution is -0.156. The summed E-state index contributed by atoms with van der Waals surface area (Å²) in [6, 6.07) is 0. The molecule has 128 valence electrons. The summed E-state index contributed by atoms with van der Waals surface area (Å²) in [4.78, 5) is 37.3. The van der Waals surface area contributed by atoms with Crippen LogP contribution in [0.25, 0.3) is 0 Å². The van der Waals surface area contributed by atoms with Crippen molar-refractivity contribution in [3.63, 3.8) is 0 Å². The highest BCUT2D eigenvalue weighted by atomic mass is 16.3. The summed E-state index contributed by atoms with van der Waals surface area (Å²) in [5.74, 6) is -0.918. The quantitative estimate of drug-likeness (QED) is 0.845. The van der Waals surface area contributed by atoms with Gasteiger partial charge in [0.1, 0.15) is 17.2 Å². The van der Waals surface area contributed by atoms with Crippen LogP contribution in [0.3, 0.4) is 0 Å². The summed E-state index contributed by atoms with van der Waals surface area (Å²) in [6.45, 7) is 15.5. The van der Waals surface area contributed by atoms with Crippen LogP contribution in [0.15, 0.2) is 0 Å². The summed E-state index contributed by atoms with van der Waals surface area (Å²) in [5.41, 5.74) is -4.11. The molecule has 0 aromatic heterocycles. The first-order valence-corrected chi connectivity index (χ1v) is 7.75. The maximum Gasteiger partial charge on any atom is 0.170 e. The van der Waals surface area contributed by atoms with Gasteiger partial charge >= 0.3 is 0 Å².